The van der Waals surface area contributed by atoms with E-state index in [0.717, 1.165) is 25.7 Å². The molecule has 0 aliphatic heterocycles. The Labute approximate surface area is 110 Å². The Bertz CT molecular complexity index is 265. The van der Waals surface area contributed by atoms with Crippen molar-refractivity contribution in [2.24, 2.45) is 0 Å². The fourth-order valence-electron chi connectivity index (χ4n) is 1.03. The quantitative estimate of drug-likeness (QED) is 0.368. The molecule has 0 aromatic carbocycles. The topological polar surface area (TPSA) is 71.1 Å². The summed E-state index contributed by atoms with van der Waals surface area (Å²) in [6.45, 7) is 5.20. The maximum absolute atomic E-state index is 10.6. The van der Waals surface area contributed by atoms with Gasteiger partial charge in [-0.25, -0.2) is 0 Å². The standard InChI is InChI=1S/C11H24O6S/c1-3-4-5-14-6-7-15-8-9-16-10-11-17-18(2,12)13/h3-11H2,1-2H3. The van der Waals surface area contributed by atoms with Crippen LogP contribution in [0.15, 0.2) is 0 Å². The predicted molar refractivity (Wildman–Crippen MR) is 68.2 cm³/mol. The molecule has 0 amide bonds. The van der Waals surface area contributed by atoms with Crippen molar-refractivity contribution in [3.05, 3.63) is 0 Å². The summed E-state index contributed by atoms with van der Waals surface area (Å²) in [7, 11) is -3.36. The van der Waals surface area contributed by atoms with E-state index in [1.807, 2.05) is 0 Å². The Morgan fingerprint density at radius 1 is 0.778 bits per heavy atom. The molecule has 0 bridgehead atoms. The van der Waals surface area contributed by atoms with Crippen molar-refractivity contribution in [2.75, 3.05) is 52.5 Å². The van der Waals surface area contributed by atoms with E-state index in [2.05, 4.69) is 11.1 Å². The maximum Gasteiger partial charge on any atom is 0.264 e. The molecule has 110 valence electrons. The van der Waals surface area contributed by atoms with E-state index in [0.29, 0.717) is 26.4 Å². The zero-order chi connectivity index (χ0) is 13.7. The van der Waals surface area contributed by atoms with Crippen LogP contribution in [0, 0.1) is 0 Å². The van der Waals surface area contributed by atoms with Crippen molar-refractivity contribution in [1.29, 1.82) is 0 Å². The third-order valence-corrected chi connectivity index (χ3v) is 2.51. The summed E-state index contributed by atoms with van der Waals surface area (Å²) in [5, 5.41) is 0. The van der Waals surface area contributed by atoms with E-state index < -0.39 is 10.1 Å². The number of rotatable bonds is 13. The smallest absolute Gasteiger partial charge is 0.264 e. The molecule has 7 heteroatoms. The van der Waals surface area contributed by atoms with Gasteiger partial charge in [-0.3, -0.25) is 4.18 Å². The third-order valence-electron chi connectivity index (χ3n) is 1.91. The van der Waals surface area contributed by atoms with Gasteiger partial charge in [0, 0.05) is 6.61 Å². The highest BCUT2D eigenvalue weighted by atomic mass is 32.2. The summed E-state index contributed by atoms with van der Waals surface area (Å²) in [6.07, 6.45) is 3.21. The van der Waals surface area contributed by atoms with E-state index >= 15 is 0 Å². The minimum Gasteiger partial charge on any atom is -0.379 e. The normalized spacial score (nSPS) is 11.9. The van der Waals surface area contributed by atoms with Crippen molar-refractivity contribution in [1.82, 2.24) is 0 Å². The van der Waals surface area contributed by atoms with Gasteiger partial charge in [0.25, 0.3) is 10.1 Å². The summed E-state index contributed by atoms with van der Waals surface area (Å²) >= 11 is 0. The molecule has 0 rings (SSSR count). The van der Waals surface area contributed by atoms with E-state index in [9.17, 15) is 8.42 Å². The molecule has 0 aliphatic rings. The number of hydrogen-bond acceptors (Lipinski definition) is 6. The van der Waals surface area contributed by atoms with E-state index in [1.165, 1.54) is 0 Å². The van der Waals surface area contributed by atoms with E-state index in [1.54, 1.807) is 0 Å². The lowest BCUT2D eigenvalue weighted by molar-refractivity contribution is 0.00934. The van der Waals surface area contributed by atoms with Crippen molar-refractivity contribution < 1.29 is 26.8 Å². The number of hydrogen-bond donors (Lipinski definition) is 0. The summed E-state index contributed by atoms with van der Waals surface area (Å²) in [5.74, 6) is 0. The van der Waals surface area contributed by atoms with Crippen LogP contribution in [0.25, 0.3) is 0 Å². The molecule has 0 atom stereocenters. The first-order valence-electron chi connectivity index (χ1n) is 6.14. The molecule has 0 fully saturated rings. The first-order valence-corrected chi connectivity index (χ1v) is 7.95. The first kappa shape index (κ1) is 17.8. The van der Waals surface area contributed by atoms with Gasteiger partial charge in [0.15, 0.2) is 0 Å². The predicted octanol–water partition coefficient (Wildman–Crippen LogP) is 0.813. The number of unbranched alkanes of at least 4 members (excludes halogenated alkanes) is 1. The average molecular weight is 284 g/mol. The second-order valence-corrected chi connectivity index (χ2v) is 5.36. The molecule has 0 saturated carbocycles. The van der Waals surface area contributed by atoms with E-state index in [-0.39, 0.29) is 13.2 Å². The van der Waals surface area contributed by atoms with Crippen LogP contribution in [0.3, 0.4) is 0 Å². The minimum absolute atomic E-state index is 0.0406. The molecule has 0 heterocycles. The molecule has 0 aliphatic carbocycles. The van der Waals surface area contributed by atoms with Crippen molar-refractivity contribution in [2.45, 2.75) is 19.8 Å². The second-order valence-electron chi connectivity index (χ2n) is 3.72. The third kappa shape index (κ3) is 15.8. The lowest BCUT2D eigenvalue weighted by Gasteiger charge is -2.06. The molecule has 18 heavy (non-hydrogen) atoms. The van der Waals surface area contributed by atoms with Gasteiger partial charge < -0.3 is 14.2 Å². The summed E-state index contributed by atoms with van der Waals surface area (Å²) in [6, 6.07) is 0. The van der Waals surface area contributed by atoms with Crippen molar-refractivity contribution >= 4 is 10.1 Å². The van der Waals surface area contributed by atoms with Crippen molar-refractivity contribution in [3.63, 3.8) is 0 Å². The fraction of sp³-hybridized carbons (Fsp3) is 1.00. The van der Waals surface area contributed by atoms with Crippen LogP contribution in [-0.2, 0) is 28.5 Å². The van der Waals surface area contributed by atoms with Crippen LogP contribution in [0.5, 0.6) is 0 Å². The average Bonchev–Trinajstić information content (AvgIpc) is 2.29. The zero-order valence-electron chi connectivity index (χ0n) is 11.2. The molecule has 0 aromatic rings. The Hall–Kier alpha value is -0.210. The monoisotopic (exact) mass is 284 g/mol. The zero-order valence-corrected chi connectivity index (χ0v) is 12.0. The SMILES string of the molecule is CCCCOCCOCCOCCOS(C)(=O)=O. The van der Waals surface area contributed by atoms with Gasteiger partial charge >= 0.3 is 0 Å². The molecular weight excluding hydrogens is 260 g/mol. The van der Waals surface area contributed by atoms with Gasteiger partial charge in [-0.2, -0.15) is 8.42 Å². The van der Waals surface area contributed by atoms with Gasteiger partial charge in [-0.15, -0.1) is 0 Å². The van der Waals surface area contributed by atoms with E-state index in [4.69, 9.17) is 14.2 Å². The summed E-state index contributed by atoms with van der Waals surface area (Å²) in [4.78, 5) is 0. The van der Waals surface area contributed by atoms with Gasteiger partial charge in [0.1, 0.15) is 0 Å². The lowest BCUT2D eigenvalue weighted by atomic mass is 10.4. The Kier molecular flexibility index (Phi) is 11.7. The van der Waals surface area contributed by atoms with Gasteiger partial charge in [-0.1, -0.05) is 13.3 Å². The van der Waals surface area contributed by atoms with Gasteiger partial charge in [0.05, 0.1) is 45.9 Å². The summed E-state index contributed by atoms with van der Waals surface area (Å²) < 4.78 is 41.4. The van der Waals surface area contributed by atoms with Gasteiger partial charge in [0.2, 0.25) is 0 Å². The highest BCUT2D eigenvalue weighted by Crippen LogP contribution is 1.89. The Morgan fingerprint density at radius 2 is 1.22 bits per heavy atom. The van der Waals surface area contributed by atoms with Crippen LogP contribution in [0.1, 0.15) is 19.8 Å². The lowest BCUT2D eigenvalue weighted by Crippen LogP contribution is -2.13. The highest BCUT2D eigenvalue weighted by molar-refractivity contribution is 7.85. The molecule has 0 radical (unpaired) electrons. The molecule has 0 saturated heterocycles. The van der Waals surface area contributed by atoms with Crippen LogP contribution in [-0.4, -0.2) is 60.9 Å². The first-order chi connectivity index (χ1) is 8.56. The molecule has 0 N–H and O–H groups in total. The largest absolute Gasteiger partial charge is 0.379 e. The fourth-order valence-corrected chi connectivity index (χ4v) is 1.40. The molecular formula is C11H24O6S. The van der Waals surface area contributed by atoms with Gasteiger partial charge in [-0.05, 0) is 6.42 Å². The van der Waals surface area contributed by atoms with Crippen LogP contribution >= 0.6 is 0 Å². The van der Waals surface area contributed by atoms with Crippen molar-refractivity contribution in [3.8, 4) is 0 Å². The molecule has 0 unspecified atom stereocenters. The van der Waals surface area contributed by atoms with Crippen LogP contribution < -0.4 is 0 Å². The molecule has 0 spiro atoms. The minimum atomic E-state index is -3.36. The summed E-state index contributed by atoms with van der Waals surface area (Å²) in [5.41, 5.74) is 0. The highest BCUT2D eigenvalue weighted by Gasteiger charge is 2.00. The van der Waals surface area contributed by atoms with Crippen LogP contribution in [0.2, 0.25) is 0 Å². The second kappa shape index (κ2) is 11.9. The molecule has 6 nitrogen and oxygen atoms in total. The Balaban J connectivity index is 3.03. The maximum atomic E-state index is 10.6. The number of ether oxygens (including phenoxy) is 3. The molecule has 0 aromatic heterocycles. The Morgan fingerprint density at radius 3 is 1.67 bits per heavy atom. The van der Waals surface area contributed by atoms with Crippen LogP contribution in [0.4, 0.5) is 0 Å².